The Morgan fingerprint density at radius 3 is 2.70 bits per heavy atom. The molecule has 1 fully saturated rings. The van der Waals surface area contributed by atoms with E-state index in [1.807, 2.05) is 0 Å². The highest BCUT2D eigenvalue weighted by Gasteiger charge is 2.48. The van der Waals surface area contributed by atoms with Crippen LogP contribution in [0.2, 0.25) is 0 Å². The minimum Gasteiger partial charge on any atom is -0.388 e. The zero-order valence-corrected chi connectivity index (χ0v) is 17.5. The molecule has 9 heteroatoms. The molecule has 5 N–H and O–H groups in total. The van der Waals surface area contributed by atoms with Crippen LogP contribution in [0.4, 0.5) is 0 Å². The molecule has 0 aliphatic carbocycles. The summed E-state index contributed by atoms with van der Waals surface area (Å²) in [5.74, 6) is -0.216. The molecule has 0 saturated carbocycles. The highest BCUT2D eigenvalue weighted by atomic mass is 35.5. The molecule has 1 saturated heterocycles. The maximum Gasteiger partial charge on any atom is 0.237 e. The summed E-state index contributed by atoms with van der Waals surface area (Å²) in [5.41, 5.74) is 0.539. The summed E-state index contributed by atoms with van der Waals surface area (Å²) < 4.78 is 5.77. The third kappa shape index (κ3) is 5.59. The van der Waals surface area contributed by atoms with Crippen LogP contribution in [0, 0.1) is 0 Å². The van der Waals surface area contributed by atoms with Gasteiger partial charge < -0.3 is 30.7 Å². The van der Waals surface area contributed by atoms with Crippen LogP contribution in [0.1, 0.15) is 33.1 Å². The number of ether oxygens (including phenoxy) is 1. The number of nitrogens with one attached hydrogen (secondary N) is 2. The van der Waals surface area contributed by atoms with Crippen molar-refractivity contribution in [3.63, 3.8) is 0 Å². The average molecular weight is 423 g/mol. The zero-order chi connectivity index (χ0) is 20.1. The van der Waals surface area contributed by atoms with Gasteiger partial charge in [0.25, 0.3) is 0 Å². The quantitative estimate of drug-likeness (QED) is 0.297. The summed E-state index contributed by atoms with van der Waals surface area (Å²) in [4.78, 5) is 12.8. The van der Waals surface area contributed by atoms with Crippen LogP contribution in [0.5, 0.6) is 0 Å². The second kappa shape index (κ2) is 10.4. The number of hydrogen-bond acceptors (Lipinski definition) is 7. The second-order valence-electron chi connectivity index (χ2n) is 7.17. The normalized spacial score (nSPS) is 36.6. The number of aliphatic hydroxyl groups excluding tert-OH is 3. The Morgan fingerprint density at radius 1 is 1.41 bits per heavy atom. The molecule has 8 unspecified atom stereocenters. The molecule has 0 aromatic rings. The Bertz CT molecular complexity index is 534. The van der Waals surface area contributed by atoms with E-state index in [2.05, 4.69) is 23.6 Å². The molecule has 0 spiro atoms. The van der Waals surface area contributed by atoms with Gasteiger partial charge in [-0.25, -0.2) is 0 Å². The molecule has 156 valence electrons. The third-order valence-electron chi connectivity index (χ3n) is 5.11. The minimum absolute atomic E-state index is 0.216. The topological polar surface area (TPSA) is 111 Å². The number of halogens is 1. The Kier molecular flexibility index (Phi) is 8.86. The zero-order valence-electron chi connectivity index (χ0n) is 16.0. The first-order valence-electron chi connectivity index (χ1n) is 9.38. The molecule has 8 atom stereocenters. The van der Waals surface area contributed by atoms with Crippen LogP contribution < -0.4 is 10.6 Å². The third-order valence-corrected chi connectivity index (χ3v) is 6.23. The molecule has 2 aliphatic heterocycles. The van der Waals surface area contributed by atoms with Crippen LogP contribution in [0.15, 0.2) is 11.6 Å². The van der Waals surface area contributed by atoms with Crippen LogP contribution >= 0.6 is 23.4 Å². The lowest BCUT2D eigenvalue weighted by Crippen LogP contribution is -2.65. The lowest BCUT2D eigenvalue weighted by molar-refractivity contribution is -0.205. The fourth-order valence-corrected chi connectivity index (χ4v) is 4.45. The van der Waals surface area contributed by atoms with Crippen LogP contribution in [0.25, 0.3) is 0 Å². The fraction of sp³-hybridized carbons (Fsp3) is 0.833. The number of carbonyl (C=O) groups excluding carboxylic acids is 1. The molecule has 0 bridgehead atoms. The summed E-state index contributed by atoms with van der Waals surface area (Å²) in [6.07, 6.45) is 1.61. The lowest BCUT2D eigenvalue weighted by Gasteiger charge is -2.44. The van der Waals surface area contributed by atoms with Gasteiger partial charge in [0.15, 0.2) is 0 Å². The smallest absolute Gasteiger partial charge is 0.237 e. The number of alkyl halides is 1. The van der Waals surface area contributed by atoms with Gasteiger partial charge in [-0.05, 0) is 26.0 Å². The van der Waals surface area contributed by atoms with Gasteiger partial charge in [0.1, 0.15) is 29.9 Å². The van der Waals surface area contributed by atoms with Crippen molar-refractivity contribution in [1.29, 1.82) is 0 Å². The lowest BCUT2D eigenvalue weighted by atomic mass is 9.92. The van der Waals surface area contributed by atoms with Crippen molar-refractivity contribution in [1.82, 2.24) is 10.6 Å². The summed E-state index contributed by atoms with van der Waals surface area (Å²) in [5, 5.41) is 36.1. The maximum absolute atomic E-state index is 12.8. The summed E-state index contributed by atoms with van der Waals surface area (Å²) in [6, 6.07) is -1.09. The number of carbonyl (C=O) groups is 1. The van der Waals surface area contributed by atoms with Gasteiger partial charge in [-0.3, -0.25) is 4.79 Å². The maximum atomic E-state index is 12.8. The molecule has 0 aromatic carbocycles. The Labute approximate surface area is 169 Å². The minimum atomic E-state index is -1.37. The molecule has 0 radical (unpaired) electrons. The van der Waals surface area contributed by atoms with E-state index in [0.717, 1.165) is 12.8 Å². The highest BCUT2D eigenvalue weighted by molar-refractivity contribution is 7.99. The van der Waals surface area contributed by atoms with Gasteiger partial charge in [0, 0.05) is 6.54 Å². The summed E-state index contributed by atoms with van der Waals surface area (Å²) in [6.45, 7) is 4.44. The first-order valence-corrected chi connectivity index (χ1v) is 11.1. The number of hydrogen-bond donors (Lipinski definition) is 5. The Balaban J connectivity index is 2.08. The number of aliphatic hydroxyl groups is 3. The van der Waals surface area contributed by atoms with Crippen LogP contribution in [-0.2, 0) is 9.53 Å². The SMILES string of the molecule is CCCC1=CCNC(C(=O)NC(C(C)Cl)C2OC(SC)C(O)C(O)C2O)C1. The van der Waals surface area contributed by atoms with Gasteiger partial charge in [-0.1, -0.05) is 25.0 Å². The number of thioether (sulfide) groups is 1. The number of rotatable bonds is 7. The van der Waals surface area contributed by atoms with E-state index in [4.69, 9.17) is 16.3 Å². The van der Waals surface area contributed by atoms with E-state index < -0.39 is 41.3 Å². The van der Waals surface area contributed by atoms with Gasteiger partial charge in [-0.15, -0.1) is 23.4 Å². The molecule has 2 rings (SSSR count). The van der Waals surface area contributed by atoms with Crippen molar-refractivity contribution in [3.05, 3.63) is 11.6 Å². The van der Waals surface area contributed by atoms with E-state index in [1.165, 1.54) is 17.3 Å². The number of amides is 1. The molecule has 2 aliphatic rings. The van der Waals surface area contributed by atoms with Crippen LogP contribution in [0.3, 0.4) is 0 Å². The van der Waals surface area contributed by atoms with Crippen LogP contribution in [-0.4, -0.2) is 81.3 Å². The van der Waals surface area contributed by atoms with Gasteiger partial charge in [-0.2, -0.15) is 0 Å². The van der Waals surface area contributed by atoms with Gasteiger partial charge in [0.2, 0.25) is 5.91 Å². The van der Waals surface area contributed by atoms with Crippen molar-refractivity contribution >= 4 is 29.3 Å². The predicted octanol–water partition coefficient (Wildman–Crippen LogP) is 0.357. The molecule has 0 aromatic heterocycles. The second-order valence-corrected chi connectivity index (χ2v) is 8.79. The molecule has 7 nitrogen and oxygen atoms in total. The molecular weight excluding hydrogens is 392 g/mol. The van der Waals surface area contributed by atoms with Gasteiger partial charge >= 0.3 is 0 Å². The van der Waals surface area contributed by atoms with Crippen molar-refractivity contribution in [3.8, 4) is 0 Å². The summed E-state index contributed by atoms with van der Waals surface area (Å²) in [7, 11) is 0. The monoisotopic (exact) mass is 422 g/mol. The van der Waals surface area contributed by atoms with E-state index >= 15 is 0 Å². The van der Waals surface area contributed by atoms with Crippen molar-refractivity contribution in [2.24, 2.45) is 0 Å². The first kappa shape index (κ1) is 22.9. The van der Waals surface area contributed by atoms with E-state index in [-0.39, 0.29) is 11.9 Å². The van der Waals surface area contributed by atoms with Crippen molar-refractivity contribution < 1.29 is 24.9 Å². The fourth-order valence-electron chi connectivity index (χ4n) is 3.56. The highest BCUT2D eigenvalue weighted by Crippen LogP contribution is 2.30. The largest absolute Gasteiger partial charge is 0.388 e. The van der Waals surface area contributed by atoms with Gasteiger partial charge in [0.05, 0.1) is 17.5 Å². The molecule has 27 heavy (non-hydrogen) atoms. The Hall–Kier alpha value is -0.350. The predicted molar refractivity (Wildman–Crippen MR) is 107 cm³/mol. The molecule has 2 heterocycles. The Morgan fingerprint density at radius 2 is 2.11 bits per heavy atom. The summed E-state index contributed by atoms with van der Waals surface area (Å²) >= 11 is 7.52. The molecule has 1 amide bonds. The van der Waals surface area contributed by atoms with Crippen molar-refractivity contribution in [2.45, 2.75) is 80.4 Å². The standard InChI is InChI=1S/C18H31ClN2O5S/c1-4-5-10-6-7-20-11(8-10)17(25)21-12(9(2)19)16-14(23)13(22)15(24)18(26-16)27-3/h6,9,11-16,18,20,22-24H,4-5,7-8H2,1-3H3,(H,21,25). The van der Waals surface area contributed by atoms with E-state index in [9.17, 15) is 20.1 Å². The first-order chi connectivity index (χ1) is 12.8. The average Bonchev–Trinajstić information content (AvgIpc) is 2.65. The van der Waals surface area contributed by atoms with E-state index in [0.29, 0.717) is 13.0 Å². The van der Waals surface area contributed by atoms with E-state index in [1.54, 1.807) is 13.2 Å². The van der Waals surface area contributed by atoms with Crippen molar-refractivity contribution in [2.75, 3.05) is 12.8 Å². The molecular formula is C18H31ClN2O5S.